The minimum absolute atomic E-state index is 0.152. The standard InChI is InChI=1S/C20H23F3N2O2/c1-19(2,3)14-8-4-7-11-17(14)27-12-18(26)25-16-10-6-5-9-15(16)24-13-20(21,22)23/h4-11,24H,12-13H2,1-3H3,(H,25,26). The van der Waals surface area contributed by atoms with Crippen molar-refractivity contribution in [1.82, 2.24) is 0 Å². The molecule has 0 aromatic heterocycles. The van der Waals surface area contributed by atoms with E-state index in [-0.39, 0.29) is 23.4 Å². The van der Waals surface area contributed by atoms with Crippen LogP contribution in [0.25, 0.3) is 0 Å². The van der Waals surface area contributed by atoms with Crippen molar-refractivity contribution in [3.63, 3.8) is 0 Å². The molecule has 2 N–H and O–H groups in total. The maximum Gasteiger partial charge on any atom is 0.405 e. The van der Waals surface area contributed by atoms with E-state index in [9.17, 15) is 18.0 Å². The first-order valence-electron chi connectivity index (χ1n) is 8.48. The van der Waals surface area contributed by atoms with Crippen molar-refractivity contribution in [1.29, 1.82) is 0 Å². The molecule has 0 spiro atoms. The third-order valence-corrected chi connectivity index (χ3v) is 3.73. The maximum absolute atomic E-state index is 12.4. The van der Waals surface area contributed by atoms with Gasteiger partial charge >= 0.3 is 6.18 Å². The van der Waals surface area contributed by atoms with Gasteiger partial charge in [0.1, 0.15) is 12.3 Å². The minimum atomic E-state index is -4.35. The molecule has 0 aliphatic rings. The summed E-state index contributed by atoms with van der Waals surface area (Å²) in [7, 11) is 0. The van der Waals surface area contributed by atoms with Gasteiger partial charge in [0.05, 0.1) is 11.4 Å². The van der Waals surface area contributed by atoms with Crippen LogP contribution in [0, 0.1) is 0 Å². The van der Waals surface area contributed by atoms with Gasteiger partial charge in [0.25, 0.3) is 5.91 Å². The lowest BCUT2D eigenvalue weighted by Gasteiger charge is -2.22. The Kier molecular flexibility index (Phi) is 6.36. The zero-order valence-electron chi connectivity index (χ0n) is 15.5. The number of carbonyl (C=O) groups excluding carboxylic acids is 1. The fourth-order valence-corrected chi connectivity index (χ4v) is 2.48. The molecule has 2 aromatic carbocycles. The van der Waals surface area contributed by atoms with Crippen LogP contribution in [0.15, 0.2) is 48.5 Å². The van der Waals surface area contributed by atoms with Crippen LogP contribution < -0.4 is 15.4 Å². The second-order valence-corrected chi connectivity index (χ2v) is 7.10. The van der Waals surface area contributed by atoms with Crippen LogP contribution in [0.2, 0.25) is 0 Å². The van der Waals surface area contributed by atoms with Gasteiger partial charge in [-0.05, 0) is 29.2 Å². The largest absolute Gasteiger partial charge is 0.483 e. The average Bonchev–Trinajstić information content (AvgIpc) is 2.58. The molecule has 1 amide bonds. The zero-order valence-corrected chi connectivity index (χ0v) is 15.5. The third-order valence-electron chi connectivity index (χ3n) is 3.73. The molecule has 146 valence electrons. The molecule has 27 heavy (non-hydrogen) atoms. The van der Waals surface area contributed by atoms with Crippen LogP contribution in [0.5, 0.6) is 5.75 Å². The van der Waals surface area contributed by atoms with Gasteiger partial charge in [-0.1, -0.05) is 51.1 Å². The Morgan fingerprint density at radius 2 is 1.56 bits per heavy atom. The van der Waals surface area contributed by atoms with Crippen LogP contribution >= 0.6 is 0 Å². The fourth-order valence-electron chi connectivity index (χ4n) is 2.48. The topological polar surface area (TPSA) is 50.4 Å². The van der Waals surface area contributed by atoms with Crippen LogP contribution in [0.1, 0.15) is 26.3 Å². The van der Waals surface area contributed by atoms with E-state index in [1.54, 1.807) is 18.2 Å². The summed E-state index contributed by atoms with van der Waals surface area (Å²) in [6, 6.07) is 13.6. The predicted octanol–water partition coefficient (Wildman–Crippen LogP) is 4.98. The highest BCUT2D eigenvalue weighted by Crippen LogP contribution is 2.31. The summed E-state index contributed by atoms with van der Waals surface area (Å²) in [6.07, 6.45) is -4.35. The molecule has 0 bridgehead atoms. The number of hydrogen-bond acceptors (Lipinski definition) is 3. The molecule has 0 radical (unpaired) electrons. The first-order valence-corrected chi connectivity index (χ1v) is 8.48. The number of nitrogens with one attached hydrogen (secondary N) is 2. The van der Waals surface area contributed by atoms with E-state index in [1.807, 2.05) is 39.0 Å². The molecule has 0 saturated carbocycles. The number of halogens is 3. The molecule has 2 rings (SSSR count). The zero-order chi connectivity index (χ0) is 20.1. The van der Waals surface area contributed by atoms with Crippen LogP contribution in [0.4, 0.5) is 24.5 Å². The molecule has 7 heteroatoms. The minimum Gasteiger partial charge on any atom is -0.483 e. The second kappa shape index (κ2) is 8.33. The third kappa shape index (κ3) is 6.51. The highest BCUT2D eigenvalue weighted by atomic mass is 19.4. The number of alkyl halides is 3. The number of amides is 1. The maximum atomic E-state index is 12.4. The number of hydrogen-bond donors (Lipinski definition) is 2. The Morgan fingerprint density at radius 1 is 0.963 bits per heavy atom. The van der Waals surface area contributed by atoms with Gasteiger partial charge in [0, 0.05) is 0 Å². The summed E-state index contributed by atoms with van der Waals surface area (Å²) < 4.78 is 42.9. The summed E-state index contributed by atoms with van der Waals surface area (Å²) in [6.45, 7) is 4.68. The van der Waals surface area contributed by atoms with Gasteiger partial charge in [0.15, 0.2) is 6.61 Å². The normalized spacial score (nSPS) is 11.8. The first-order chi connectivity index (χ1) is 12.6. The lowest BCUT2D eigenvalue weighted by molar-refractivity contribution is -0.118. The van der Waals surface area contributed by atoms with E-state index in [1.165, 1.54) is 12.1 Å². The van der Waals surface area contributed by atoms with Crippen LogP contribution in [-0.2, 0) is 10.2 Å². The average molecular weight is 380 g/mol. The number of benzene rings is 2. The highest BCUT2D eigenvalue weighted by Gasteiger charge is 2.27. The lowest BCUT2D eigenvalue weighted by atomic mass is 9.86. The molecule has 0 aliphatic carbocycles. The van der Waals surface area contributed by atoms with E-state index in [2.05, 4.69) is 10.6 Å². The molecule has 0 unspecified atom stereocenters. The Bertz CT molecular complexity index is 783. The quantitative estimate of drug-likeness (QED) is 0.743. The number of anilines is 2. The van der Waals surface area contributed by atoms with Crippen molar-refractivity contribution in [2.45, 2.75) is 32.4 Å². The van der Waals surface area contributed by atoms with Gasteiger partial charge in [-0.2, -0.15) is 13.2 Å². The summed E-state index contributed by atoms with van der Waals surface area (Å²) in [4.78, 5) is 12.2. The lowest BCUT2D eigenvalue weighted by Crippen LogP contribution is -2.24. The molecule has 0 heterocycles. The van der Waals surface area contributed by atoms with E-state index >= 15 is 0 Å². The smallest absolute Gasteiger partial charge is 0.405 e. The Balaban J connectivity index is 2.02. The molecule has 2 aromatic rings. The molecule has 4 nitrogen and oxygen atoms in total. The second-order valence-electron chi connectivity index (χ2n) is 7.10. The Hall–Kier alpha value is -2.70. The van der Waals surface area contributed by atoms with Crippen molar-refractivity contribution in [3.8, 4) is 5.75 Å². The predicted molar refractivity (Wildman–Crippen MR) is 100 cm³/mol. The monoisotopic (exact) mass is 380 g/mol. The molecular weight excluding hydrogens is 357 g/mol. The van der Waals surface area contributed by atoms with E-state index in [4.69, 9.17) is 4.74 Å². The van der Waals surface area contributed by atoms with Crippen molar-refractivity contribution in [3.05, 3.63) is 54.1 Å². The molecule has 0 fully saturated rings. The van der Waals surface area contributed by atoms with E-state index in [0.717, 1.165) is 5.56 Å². The molecular formula is C20H23F3N2O2. The van der Waals surface area contributed by atoms with Gasteiger partial charge in [0.2, 0.25) is 0 Å². The number of para-hydroxylation sites is 3. The number of carbonyl (C=O) groups is 1. The van der Waals surface area contributed by atoms with Gasteiger partial charge < -0.3 is 15.4 Å². The SMILES string of the molecule is CC(C)(C)c1ccccc1OCC(=O)Nc1ccccc1NCC(F)(F)F. The number of rotatable bonds is 6. The Morgan fingerprint density at radius 3 is 2.19 bits per heavy atom. The van der Waals surface area contributed by atoms with Crippen molar-refractivity contribution in [2.24, 2.45) is 0 Å². The van der Waals surface area contributed by atoms with Crippen LogP contribution in [-0.4, -0.2) is 25.2 Å². The van der Waals surface area contributed by atoms with Crippen molar-refractivity contribution < 1.29 is 22.7 Å². The van der Waals surface area contributed by atoms with E-state index in [0.29, 0.717) is 5.75 Å². The molecule has 0 atom stereocenters. The van der Waals surface area contributed by atoms with Gasteiger partial charge in [-0.3, -0.25) is 4.79 Å². The Labute approximate surface area is 156 Å². The van der Waals surface area contributed by atoms with Gasteiger partial charge in [-0.25, -0.2) is 0 Å². The van der Waals surface area contributed by atoms with Crippen molar-refractivity contribution in [2.75, 3.05) is 23.8 Å². The fraction of sp³-hybridized carbons (Fsp3) is 0.350. The summed E-state index contributed by atoms with van der Waals surface area (Å²) in [5, 5.41) is 4.86. The van der Waals surface area contributed by atoms with Crippen LogP contribution in [0.3, 0.4) is 0 Å². The molecule has 0 saturated heterocycles. The van der Waals surface area contributed by atoms with E-state index < -0.39 is 18.6 Å². The summed E-state index contributed by atoms with van der Waals surface area (Å²) in [5.41, 5.74) is 1.27. The first kappa shape index (κ1) is 20.6. The molecule has 0 aliphatic heterocycles. The number of ether oxygens (including phenoxy) is 1. The van der Waals surface area contributed by atoms with Gasteiger partial charge in [-0.15, -0.1) is 0 Å². The highest BCUT2D eigenvalue weighted by molar-refractivity contribution is 5.95. The van der Waals surface area contributed by atoms with Crippen molar-refractivity contribution >= 4 is 17.3 Å². The summed E-state index contributed by atoms with van der Waals surface area (Å²) >= 11 is 0. The summed E-state index contributed by atoms with van der Waals surface area (Å²) in [5.74, 6) is 0.142.